The third-order valence-electron chi connectivity index (χ3n) is 3.30. The fourth-order valence-electron chi connectivity index (χ4n) is 2.28. The van der Waals surface area contributed by atoms with E-state index in [4.69, 9.17) is 10.2 Å². The zero-order chi connectivity index (χ0) is 13.2. The highest BCUT2D eigenvalue weighted by atomic mass is 32.2. The number of rotatable bonds is 5. The molecule has 1 aromatic heterocycles. The molecule has 0 radical (unpaired) electrons. The van der Waals surface area contributed by atoms with Crippen LogP contribution in [0, 0.1) is 5.92 Å². The molecule has 2 atom stereocenters. The summed E-state index contributed by atoms with van der Waals surface area (Å²) >= 11 is 0. The summed E-state index contributed by atoms with van der Waals surface area (Å²) in [6, 6.07) is 2.73. The largest absolute Gasteiger partial charge is 0.447 e. The van der Waals surface area contributed by atoms with E-state index in [9.17, 15) is 13.5 Å². The highest BCUT2D eigenvalue weighted by Crippen LogP contribution is 2.26. The molecule has 1 saturated carbocycles. The van der Waals surface area contributed by atoms with Crippen LogP contribution in [0.3, 0.4) is 0 Å². The molecule has 18 heavy (non-hydrogen) atoms. The minimum absolute atomic E-state index is 0.000604. The van der Waals surface area contributed by atoms with Gasteiger partial charge in [-0.15, -0.1) is 0 Å². The molecule has 1 aliphatic carbocycles. The van der Waals surface area contributed by atoms with Crippen molar-refractivity contribution in [3.63, 3.8) is 0 Å². The van der Waals surface area contributed by atoms with E-state index in [1.54, 1.807) is 6.07 Å². The van der Waals surface area contributed by atoms with Gasteiger partial charge in [0.2, 0.25) is 5.09 Å². The van der Waals surface area contributed by atoms with Crippen molar-refractivity contribution in [2.75, 3.05) is 6.61 Å². The Kier molecular flexibility index (Phi) is 4.06. The maximum atomic E-state index is 12.1. The Balaban J connectivity index is 2.11. The molecule has 1 aliphatic rings. The second-order valence-electron chi connectivity index (χ2n) is 4.53. The Hall–Kier alpha value is -0.890. The summed E-state index contributed by atoms with van der Waals surface area (Å²) in [4.78, 5) is 0. The van der Waals surface area contributed by atoms with Crippen LogP contribution in [0.25, 0.3) is 0 Å². The van der Waals surface area contributed by atoms with E-state index in [2.05, 4.69) is 4.72 Å². The molecule has 1 aromatic rings. The molecule has 6 nitrogen and oxygen atoms in total. The molecule has 0 amide bonds. The molecule has 2 unspecified atom stereocenters. The van der Waals surface area contributed by atoms with Crippen molar-refractivity contribution in [1.29, 1.82) is 0 Å². The summed E-state index contributed by atoms with van der Waals surface area (Å²) in [5.74, 6) is 0.421. The molecule has 0 bridgehead atoms. The van der Waals surface area contributed by atoms with Crippen molar-refractivity contribution in [2.24, 2.45) is 11.7 Å². The monoisotopic (exact) mass is 274 g/mol. The van der Waals surface area contributed by atoms with Gasteiger partial charge in [-0.1, -0.05) is 6.42 Å². The molecular formula is C11H18N2O4S. The van der Waals surface area contributed by atoms with E-state index in [0.717, 1.165) is 19.3 Å². The normalized spacial score (nSPS) is 24.6. The van der Waals surface area contributed by atoms with E-state index in [1.165, 1.54) is 6.07 Å². The van der Waals surface area contributed by atoms with Crippen LogP contribution >= 0.6 is 0 Å². The Labute approximate surface area is 106 Å². The van der Waals surface area contributed by atoms with Crippen LogP contribution in [0.15, 0.2) is 21.6 Å². The average Bonchev–Trinajstić information content (AvgIpc) is 2.96. The Morgan fingerprint density at radius 1 is 1.44 bits per heavy atom. The number of hydrogen-bond acceptors (Lipinski definition) is 5. The number of nitrogens with two attached hydrogens (primary N) is 1. The maximum Gasteiger partial charge on any atom is 0.274 e. The van der Waals surface area contributed by atoms with Gasteiger partial charge in [0.25, 0.3) is 10.0 Å². The first-order valence-corrected chi connectivity index (χ1v) is 7.47. The molecule has 2 rings (SSSR count). The van der Waals surface area contributed by atoms with Gasteiger partial charge in [0.1, 0.15) is 5.76 Å². The van der Waals surface area contributed by atoms with Crippen molar-refractivity contribution >= 4 is 10.0 Å². The second-order valence-corrected chi connectivity index (χ2v) is 6.17. The lowest BCUT2D eigenvalue weighted by atomic mass is 10.1. The number of aliphatic hydroxyl groups excluding tert-OH is 1. The molecule has 0 aliphatic heterocycles. The van der Waals surface area contributed by atoms with E-state index in [0.29, 0.717) is 5.76 Å². The lowest BCUT2D eigenvalue weighted by Crippen LogP contribution is -2.38. The summed E-state index contributed by atoms with van der Waals surface area (Å²) in [5, 5.41) is 9.05. The van der Waals surface area contributed by atoms with Gasteiger partial charge in [0.05, 0.1) is 6.54 Å². The van der Waals surface area contributed by atoms with E-state index in [-0.39, 0.29) is 30.2 Å². The topological polar surface area (TPSA) is 106 Å². The van der Waals surface area contributed by atoms with Crippen molar-refractivity contribution < 1.29 is 17.9 Å². The fourth-order valence-corrected chi connectivity index (χ4v) is 3.57. The average molecular weight is 274 g/mol. The third kappa shape index (κ3) is 2.74. The number of hydrogen-bond donors (Lipinski definition) is 3. The molecule has 102 valence electrons. The van der Waals surface area contributed by atoms with Gasteiger partial charge in [0.15, 0.2) is 0 Å². The smallest absolute Gasteiger partial charge is 0.274 e. The summed E-state index contributed by atoms with van der Waals surface area (Å²) in [6.07, 6.45) is 2.51. The number of aliphatic hydroxyl groups is 1. The first kappa shape index (κ1) is 13.5. The zero-order valence-corrected chi connectivity index (χ0v) is 10.8. The van der Waals surface area contributed by atoms with Gasteiger partial charge in [-0.25, -0.2) is 13.1 Å². The molecule has 7 heteroatoms. The molecule has 1 fully saturated rings. The minimum atomic E-state index is -3.66. The van der Waals surface area contributed by atoms with Crippen LogP contribution in [0.5, 0.6) is 0 Å². The second kappa shape index (κ2) is 5.40. The molecule has 0 aromatic carbocycles. The van der Waals surface area contributed by atoms with E-state index < -0.39 is 10.0 Å². The summed E-state index contributed by atoms with van der Waals surface area (Å²) < 4.78 is 31.8. The van der Waals surface area contributed by atoms with Gasteiger partial charge in [-0.05, 0) is 30.9 Å². The quantitative estimate of drug-likeness (QED) is 0.710. The standard InChI is InChI=1S/C11H18N2O4S/c12-6-9-4-5-11(17-9)18(15,16)13-10-3-1-2-8(10)7-14/h4-5,8,10,13-14H,1-3,6-7,12H2. The van der Waals surface area contributed by atoms with Gasteiger partial charge >= 0.3 is 0 Å². The van der Waals surface area contributed by atoms with Gasteiger partial charge in [0, 0.05) is 12.6 Å². The highest BCUT2D eigenvalue weighted by molar-refractivity contribution is 7.89. The van der Waals surface area contributed by atoms with Crippen molar-refractivity contribution in [3.8, 4) is 0 Å². The van der Waals surface area contributed by atoms with Crippen LogP contribution in [-0.2, 0) is 16.6 Å². The Morgan fingerprint density at radius 3 is 2.83 bits per heavy atom. The third-order valence-corrected chi connectivity index (χ3v) is 4.67. The predicted molar refractivity (Wildman–Crippen MR) is 65.1 cm³/mol. The molecule has 0 spiro atoms. The lowest BCUT2D eigenvalue weighted by Gasteiger charge is -2.17. The van der Waals surface area contributed by atoms with Gasteiger partial charge < -0.3 is 15.3 Å². The highest BCUT2D eigenvalue weighted by Gasteiger charge is 2.31. The molecular weight excluding hydrogens is 256 g/mol. The van der Waals surface area contributed by atoms with Crippen molar-refractivity contribution in [3.05, 3.63) is 17.9 Å². The van der Waals surface area contributed by atoms with Crippen molar-refractivity contribution in [1.82, 2.24) is 4.72 Å². The summed E-state index contributed by atoms with van der Waals surface area (Å²) in [7, 11) is -3.66. The summed E-state index contributed by atoms with van der Waals surface area (Å²) in [5.41, 5.74) is 5.37. The molecule has 0 saturated heterocycles. The van der Waals surface area contributed by atoms with E-state index in [1.807, 2.05) is 0 Å². The van der Waals surface area contributed by atoms with Crippen LogP contribution in [-0.4, -0.2) is 26.2 Å². The van der Waals surface area contributed by atoms with Crippen LogP contribution < -0.4 is 10.5 Å². The van der Waals surface area contributed by atoms with Gasteiger partial charge in [-0.3, -0.25) is 0 Å². The SMILES string of the molecule is NCc1ccc(S(=O)(=O)NC2CCCC2CO)o1. The van der Waals surface area contributed by atoms with Crippen LogP contribution in [0.1, 0.15) is 25.0 Å². The number of nitrogens with one attached hydrogen (secondary N) is 1. The number of furan rings is 1. The van der Waals surface area contributed by atoms with Crippen LogP contribution in [0.2, 0.25) is 0 Å². The predicted octanol–water partition coefficient (Wildman–Crippen LogP) is 0.178. The fraction of sp³-hybridized carbons (Fsp3) is 0.636. The lowest BCUT2D eigenvalue weighted by molar-refractivity contribution is 0.213. The first-order valence-electron chi connectivity index (χ1n) is 5.99. The Morgan fingerprint density at radius 2 is 2.22 bits per heavy atom. The van der Waals surface area contributed by atoms with Gasteiger partial charge in [-0.2, -0.15) is 0 Å². The maximum absolute atomic E-state index is 12.1. The van der Waals surface area contributed by atoms with E-state index >= 15 is 0 Å². The minimum Gasteiger partial charge on any atom is -0.447 e. The molecule has 1 heterocycles. The first-order chi connectivity index (χ1) is 8.56. The summed E-state index contributed by atoms with van der Waals surface area (Å²) in [6.45, 7) is 0.164. The zero-order valence-electron chi connectivity index (χ0n) is 10.0. The van der Waals surface area contributed by atoms with Crippen LogP contribution in [0.4, 0.5) is 0 Å². The molecule has 4 N–H and O–H groups in total. The van der Waals surface area contributed by atoms with Crippen molar-refractivity contribution in [2.45, 2.75) is 36.9 Å². The Bertz CT molecular complexity index is 497. The number of sulfonamides is 1.